The summed E-state index contributed by atoms with van der Waals surface area (Å²) in [5, 5.41) is 6.13. The fourth-order valence-corrected chi connectivity index (χ4v) is 5.52. The van der Waals surface area contributed by atoms with Crippen molar-refractivity contribution >= 4 is 27.7 Å². The molecule has 1 aromatic heterocycles. The highest BCUT2D eigenvalue weighted by molar-refractivity contribution is 7.99. The average molecular weight is 388 g/mol. The molecule has 0 saturated carbocycles. The van der Waals surface area contributed by atoms with E-state index in [1.54, 1.807) is 11.8 Å². The number of aromatic nitrogens is 1. The van der Waals surface area contributed by atoms with E-state index in [2.05, 4.69) is 20.5 Å². The fourth-order valence-electron chi connectivity index (χ4n) is 2.95. The summed E-state index contributed by atoms with van der Waals surface area (Å²) in [5.41, 5.74) is 0.283. The molecule has 0 unspecified atom stereocenters. The van der Waals surface area contributed by atoms with E-state index in [0.29, 0.717) is 19.6 Å². The number of aromatic amines is 1. The van der Waals surface area contributed by atoms with Crippen LogP contribution in [0.15, 0.2) is 17.2 Å². The van der Waals surface area contributed by atoms with E-state index in [1.165, 1.54) is 16.6 Å². The molecule has 2 saturated heterocycles. The number of nitrogens with zero attached hydrogens (tertiary/aromatic N) is 2. The summed E-state index contributed by atoms with van der Waals surface area (Å²) in [7, 11) is -3.52. The van der Waals surface area contributed by atoms with Crippen molar-refractivity contribution in [3.05, 3.63) is 18.0 Å². The van der Waals surface area contributed by atoms with E-state index in [4.69, 9.17) is 0 Å². The molecule has 10 heteroatoms. The van der Waals surface area contributed by atoms with E-state index in [9.17, 15) is 13.2 Å². The maximum Gasteiger partial charge on any atom is 0.267 e. The Morgan fingerprint density at radius 2 is 1.92 bits per heavy atom. The second-order valence-electron chi connectivity index (χ2n) is 6.11. The number of amides is 1. The van der Waals surface area contributed by atoms with E-state index in [0.717, 1.165) is 44.2 Å². The zero-order valence-electron chi connectivity index (χ0n) is 14.2. The lowest BCUT2D eigenvalue weighted by Crippen LogP contribution is -2.46. The van der Waals surface area contributed by atoms with Crippen molar-refractivity contribution < 1.29 is 13.2 Å². The van der Waals surface area contributed by atoms with Gasteiger partial charge < -0.3 is 15.6 Å². The van der Waals surface area contributed by atoms with Crippen molar-refractivity contribution in [1.82, 2.24) is 24.8 Å². The van der Waals surface area contributed by atoms with Gasteiger partial charge in [-0.05, 0) is 6.07 Å². The van der Waals surface area contributed by atoms with Gasteiger partial charge in [0.2, 0.25) is 10.0 Å². The summed E-state index contributed by atoms with van der Waals surface area (Å²) in [4.78, 5) is 17.5. The molecule has 140 valence electrons. The third-order valence-electron chi connectivity index (χ3n) is 4.43. The predicted octanol–water partition coefficient (Wildman–Crippen LogP) is -0.613. The van der Waals surface area contributed by atoms with Gasteiger partial charge in [-0.3, -0.25) is 9.69 Å². The minimum atomic E-state index is -3.52. The van der Waals surface area contributed by atoms with Crippen molar-refractivity contribution in [2.75, 3.05) is 63.9 Å². The Balaban J connectivity index is 1.54. The number of piperazine rings is 1. The Morgan fingerprint density at radius 1 is 1.20 bits per heavy atom. The van der Waals surface area contributed by atoms with Crippen LogP contribution in [0.2, 0.25) is 0 Å². The van der Waals surface area contributed by atoms with Crippen LogP contribution in [0.25, 0.3) is 0 Å². The molecule has 1 amide bonds. The molecular weight excluding hydrogens is 362 g/mol. The van der Waals surface area contributed by atoms with Gasteiger partial charge in [-0.2, -0.15) is 16.1 Å². The van der Waals surface area contributed by atoms with E-state index < -0.39 is 10.0 Å². The molecular formula is C15H25N5O3S2. The normalized spacial score (nSPS) is 20.5. The molecule has 0 spiro atoms. The van der Waals surface area contributed by atoms with Crippen molar-refractivity contribution in [3.63, 3.8) is 0 Å². The van der Waals surface area contributed by atoms with Crippen molar-refractivity contribution in [2.24, 2.45) is 0 Å². The number of carbonyl (C=O) groups is 1. The standard InChI is InChI=1S/C15H25N5O3S2/c21-15(17-3-6-19-4-1-16-2-5-19)14-11-13(12-18-14)25(22,23)20-7-9-24-10-8-20/h11-12,16,18H,1-10H2,(H,17,21). The van der Waals surface area contributed by atoms with Gasteiger partial charge in [0.15, 0.2) is 0 Å². The highest BCUT2D eigenvalue weighted by atomic mass is 32.2. The number of hydrogen-bond donors (Lipinski definition) is 3. The van der Waals surface area contributed by atoms with Crippen molar-refractivity contribution in [3.8, 4) is 0 Å². The zero-order chi connectivity index (χ0) is 17.7. The summed E-state index contributed by atoms with van der Waals surface area (Å²) in [6, 6.07) is 1.43. The number of carbonyl (C=O) groups excluding carboxylic acids is 1. The second kappa shape index (κ2) is 8.54. The lowest BCUT2D eigenvalue weighted by molar-refractivity contribution is 0.0943. The molecule has 2 aliphatic heterocycles. The number of nitrogens with one attached hydrogen (secondary N) is 3. The first-order valence-electron chi connectivity index (χ1n) is 8.55. The molecule has 3 rings (SSSR count). The Kier molecular flexibility index (Phi) is 6.39. The first-order chi connectivity index (χ1) is 12.1. The predicted molar refractivity (Wildman–Crippen MR) is 98.5 cm³/mol. The van der Waals surface area contributed by atoms with Crippen molar-refractivity contribution in [2.45, 2.75) is 4.90 Å². The minimum Gasteiger partial charge on any atom is -0.356 e. The summed E-state index contributed by atoms with van der Waals surface area (Å²) in [5.74, 6) is 1.34. The molecule has 8 nitrogen and oxygen atoms in total. The molecule has 2 aliphatic rings. The highest BCUT2D eigenvalue weighted by Crippen LogP contribution is 2.20. The largest absolute Gasteiger partial charge is 0.356 e. The van der Waals surface area contributed by atoms with Gasteiger partial charge in [-0.15, -0.1) is 0 Å². The molecule has 3 heterocycles. The van der Waals surface area contributed by atoms with Crippen LogP contribution in [-0.2, 0) is 10.0 Å². The quantitative estimate of drug-likeness (QED) is 0.602. The molecule has 0 radical (unpaired) electrons. The molecule has 0 atom stereocenters. The second-order valence-corrected chi connectivity index (χ2v) is 9.28. The first-order valence-corrected chi connectivity index (χ1v) is 11.1. The summed E-state index contributed by atoms with van der Waals surface area (Å²) < 4.78 is 26.7. The van der Waals surface area contributed by atoms with Gasteiger partial charge in [0.25, 0.3) is 5.91 Å². The molecule has 0 aliphatic carbocycles. The van der Waals surface area contributed by atoms with Crippen LogP contribution in [0.4, 0.5) is 0 Å². The van der Waals surface area contributed by atoms with Crippen LogP contribution in [0.5, 0.6) is 0 Å². The minimum absolute atomic E-state index is 0.159. The molecule has 2 fully saturated rings. The number of hydrogen-bond acceptors (Lipinski definition) is 6. The summed E-state index contributed by atoms with van der Waals surface area (Å²) >= 11 is 1.75. The lowest BCUT2D eigenvalue weighted by Gasteiger charge is -2.27. The Bertz CT molecular complexity index is 679. The van der Waals surface area contributed by atoms with E-state index in [-0.39, 0.29) is 16.5 Å². The topological polar surface area (TPSA) is 97.5 Å². The maximum atomic E-state index is 12.6. The number of thioether (sulfide) groups is 1. The van der Waals surface area contributed by atoms with Crippen LogP contribution >= 0.6 is 11.8 Å². The monoisotopic (exact) mass is 387 g/mol. The van der Waals surface area contributed by atoms with E-state index >= 15 is 0 Å². The van der Waals surface area contributed by atoms with Gasteiger partial charge in [0, 0.05) is 70.1 Å². The smallest absolute Gasteiger partial charge is 0.267 e. The van der Waals surface area contributed by atoms with Crippen LogP contribution in [-0.4, -0.2) is 92.4 Å². The third-order valence-corrected chi connectivity index (χ3v) is 7.25. The number of sulfonamides is 1. The Hall–Kier alpha value is -1.07. The molecule has 1 aromatic rings. The highest BCUT2D eigenvalue weighted by Gasteiger charge is 2.27. The molecule has 0 aromatic carbocycles. The summed E-state index contributed by atoms with van der Waals surface area (Å²) in [6.07, 6.45) is 1.41. The summed E-state index contributed by atoms with van der Waals surface area (Å²) in [6.45, 7) is 6.29. The van der Waals surface area contributed by atoms with E-state index in [1.807, 2.05) is 0 Å². The molecule has 3 N–H and O–H groups in total. The molecule has 0 bridgehead atoms. The number of rotatable bonds is 6. The SMILES string of the molecule is O=C(NCCN1CCNCC1)c1cc(S(=O)(=O)N2CCSCC2)c[nH]1. The fraction of sp³-hybridized carbons (Fsp3) is 0.667. The Morgan fingerprint density at radius 3 is 2.64 bits per heavy atom. The third kappa shape index (κ3) is 4.76. The maximum absolute atomic E-state index is 12.6. The molecule has 25 heavy (non-hydrogen) atoms. The number of H-pyrrole nitrogens is 1. The Labute approximate surface area is 152 Å². The lowest BCUT2D eigenvalue weighted by atomic mass is 10.3. The van der Waals surface area contributed by atoms with Gasteiger partial charge in [0.05, 0.1) is 0 Å². The van der Waals surface area contributed by atoms with Gasteiger partial charge in [-0.1, -0.05) is 0 Å². The first kappa shape index (κ1) is 18.7. The average Bonchev–Trinajstić information content (AvgIpc) is 3.14. The van der Waals surface area contributed by atoms with Crippen LogP contribution in [0.1, 0.15) is 10.5 Å². The van der Waals surface area contributed by atoms with Gasteiger partial charge in [-0.25, -0.2) is 8.42 Å². The van der Waals surface area contributed by atoms with Crippen LogP contribution in [0, 0.1) is 0 Å². The van der Waals surface area contributed by atoms with Crippen LogP contribution < -0.4 is 10.6 Å². The van der Waals surface area contributed by atoms with Gasteiger partial charge >= 0.3 is 0 Å². The zero-order valence-corrected chi connectivity index (χ0v) is 15.8. The van der Waals surface area contributed by atoms with Gasteiger partial charge in [0.1, 0.15) is 10.6 Å². The van der Waals surface area contributed by atoms with Crippen molar-refractivity contribution in [1.29, 1.82) is 0 Å². The van der Waals surface area contributed by atoms with Crippen LogP contribution in [0.3, 0.4) is 0 Å².